The highest BCUT2D eigenvalue weighted by atomic mass is 16.5. The summed E-state index contributed by atoms with van der Waals surface area (Å²) in [5, 5.41) is 0. The Labute approximate surface area is 187 Å². The molecule has 0 fully saturated rings. The fourth-order valence-corrected chi connectivity index (χ4v) is 3.29. The normalized spacial score (nSPS) is 17.1. The van der Waals surface area contributed by atoms with Gasteiger partial charge in [0.1, 0.15) is 11.9 Å². The molecule has 1 aliphatic heterocycles. The zero-order valence-electron chi connectivity index (χ0n) is 18.3. The van der Waals surface area contributed by atoms with E-state index in [-0.39, 0.29) is 12.1 Å². The third-order valence-electron chi connectivity index (χ3n) is 5.06. The van der Waals surface area contributed by atoms with Crippen LogP contribution in [-0.2, 0) is 23.9 Å². The summed E-state index contributed by atoms with van der Waals surface area (Å²) in [4.78, 5) is 35.7. The van der Waals surface area contributed by atoms with E-state index in [0.717, 1.165) is 17.6 Å². The third kappa shape index (κ3) is 5.72. The van der Waals surface area contributed by atoms with Gasteiger partial charge in [0.05, 0.1) is 12.2 Å². The molecule has 1 atom stereocenters. The number of benzene rings is 1. The van der Waals surface area contributed by atoms with Crippen molar-refractivity contribution in [1.29, 1.82) is 0 Å². The van der Waals surface area contributed by atoms with E-state index in [4.69, 9.17) is 14.2 Å². The average Bonchev–Trinajstić information content (AvgIpc) is 2.76. The predicted octanol–water partition coefficient (Wildman–Crippen LogP) is 4.63. The van der Waals surface area contributed by atoms with E-state index in [1.807, 2.05) is 18.2 Å². The first-order valence-corrected chi connectivity index (χ1v) is 10.4. The molecule has 0 spiro atoms. The Morgan fingerprint density at radius 1 is 1.06 bits per heavy atom. The molecular formula is C26H26O6. The Hall–Kier alpha value is -3.67. The van der Waals surface area contributed by atoms with Crippen LogP contribution in [0.25, 0.3) is 5.57 Å². The Morgan fingerprint density at radius 3 is 2.41 bits per heavy atom. The van der Waals surface area contributed by atoms with E-state index >= 15 is 0 Å². The molecule has 0 amide bonds. The molecule has 0 saturated heterocycles. The lowest BCUT2D eigenvalue weighted by molar-refractivity contribution is -0.141. The van der Waals surface area contributed by atoms with E-state index in [9.17, 15) is 14.4 Å². The number of rotatable bonds is 8. The maximum Gasteiger partial charge on any atom is 0.339 e. The van der Waals surface area contributed by atoms with E-state index in [1.54, 1.807) is 38.1 Å². The second-order valence-corrected chi connectivity index (χ2v) is 7.86. The Morgan fingerprint density at radius 2 is 1.75 bits per heavy atom. The minimum Gasteiger partial charge on any atom is -0.462 e. The van der Waals surface area contributed by atoms with Crippen LogP contribution in [-0.4, -0.2) is 30.6 Å². The van der Waals surface area contributed by atoms with Gasteiger partial charge in [0, 0.05) is 17.6 Å². The number of esters is 3. The average molecular weight is 434 g/mol. The lowest BCUT2D eigenvalue weighted by Gasteiger charge is -2.28. The van der Waals surface area contributed by atoms with Gasteiger partial charge in [-0.25, -0.2) is 14.4 Å². The molecule has 166 valence electrons. The number of hydrogen-bond donors (Lipinski definition) is 0. The quantitative estimate of drug-likeness (QED) is 0.257. The summed E-state index contributed by atoms with van der Waals surface area (Å²) in [5.74, 6) is -0.898. The van der Waals surface area contributed by atoms with Crippen molar-refractivity contribution in [2.75, 3.05) is 6.61 Å². The zero-order valence-corrected chi connectivity index (χ0v) is 18.3. The molecule has 1 heterocycles. The molecule has 0 bridgehead atoms. The fraction of sp³-hybridized carbons (Fsp3) is 0.269. The molecule has 6 heteroatoms. The standard InChI is InChI=1S/C26H26O6/c1-16(2)24(27)30-13-5-6-18-7-8-20-15-22(26(29)32-23(20)14-18)19-9-11-21(12-10-19)31-25(28)17(3)4/h7-12,15,23H,1,3,5-6,13-14H2,2,4H3. The van der Waals surface area contributed by atoms with Crippen LogP contribution in [0.1, 0.15) is 38.7 Å². The van der Waals surface area contributed by atoms with Gasteiger partial charge in [-0.15, -0.1) is 0 Å². The van der Waals surface area contributed by atoms with Gasteiger partial charge in [0.25, 0.3) is 0 Å². The molecule has 0 radical (unpaired) electrons. The Kier molecular flexibility index (Phi) is 7.25. The first-order chi connectivity index (χ1) is 15.2. The lowest BCUT2D eigenvalue weighted by Crippen LogP contribution is -2.27. The van der Waals surface area contributed by atoms with Crippen molar-refractivity contribution in [1.82, 2.24) is 0 Å². The Balaban J connectivity index is 1.64. The van der Waals surface area contributed by atoms with E-state index in [0.29, 0.717) is 47.5 Å². The van der Waals surface area contributed by atoms with Crippen LogP contribution >= 0.6 is 0 Å². The monoisotopic (exact) mass is 434 g/mol. The van der Waals surface area contributed by atoms with Gasteiger partial charge < -0.3 is 14.2 Å². The second kappa shape index (κ2) is 10.1. The molecule has 32 heavy (non-hydrogen) atoms. The zero-order chi connectivity index (χ0) is 23.3. The smallest absolute Gasteiger partial charge is 0.339 e. The van der Waals surface area contributed by atoms with Gasteiger partial charge in [-0.05, 0) is 56.0 Å². The highest BCUT2D eigenvalue weighted by molar-refractivity contribution is 6.18. The van der Waals surface area contributed by atoms with Gasteiger partial charge in [-0.2, -0.15) is 0 Å². The van der Waals surface area contributed by atoms with Crippen LogP contribution in [0, 0.1) is 0 Å². The number of carbonyl (C=O) groups is 3. The first-order valence-electron chi connectivity index (χ1n) is 10.4. The largest absolute Gasteiger partial charge is 0.462 e. The summed E-state index contributed by atoms with van der Waals surface area (Å²) in [6, 6.07) is 6.69. The van der Waals surface area contributed by atoms with Crippen molar-refractivity contribution in [3.63, 3.8) is 0 Å². The van der Waals surface area contributed by atoms with Crippen LogP contribution in [0.2, 0.25) is 0 Å². The van der Waals surface area contributed by atoms with Crippen molar-refractivity contribution < 1.29 is 28.6 Å². The minimum atomic E-state index is -0.499. The van der Waals surface area contributed by atoms with Crippen LogP contribution in [0.3, 0.4) is 0 Å². The topological polar surface area (TPSA) is 78.9 Å². The molecule has 0 N–H and O–H groups in total. The molecule has 1 aliphatic carbocycles. The summed E-state index contributed by atoms with van der Waals surface area (Å²) in [7, 11) is 0. The fourth-order valence-electron chi connectivity index (χ4n) is 3.29. The predicted molar refractivity (Wildman–Crippen MR) is 121 cm³/mol. The number of carbonyl (C=O) groups excluding carboxylic acids is 3. The van der Waals surface area contributed by atoms with E-state index in [2.05, 4.69) is 13.2 Å². The van der Waals surface area contributed by atoms with Crippen LogP contribution in [0.4, 0.5) is 0 Å². The number of ether oxygens (including phenoxy) is 3. The molecule has 1 aromatic rings. The molecule has 3 rings (SSSR count). The summed E-state index contributed by atoms with van der Waals surface area (Å²) in [6.07, 6.45) is 7.57. The number of fused-ring (bicyclic) bond motifs is 1. The van der Waals surface area contributed by atoms with Crippen molar-refractivity contribution in [3.05, 3.63) is 83.5 Å². The molecule has 2 aliphatic rings. The molecular weight excluding hydrogens is 408 g/mol. The summed E-state index contributed by atoms with van der Waals surface area (Å²) < 4.78 is 16.0. The first kappa shape index (κ1) is 23.0. The maximum absolute atomic E-state index is 12.6. The lowest BCUT2D eigenvalue weighted by atomic mass is 9.89. The third-order valence-corrected chi connectivity index (χ3v) is 5.06. The molecule has 6 nitrogen and oxygen atoms in total. The van der Waals surface area contributed by atoms with Crippen LogP contribution in [0.15, 0.2) is 77.9 Å². The van der Waals surface area contributed by atoms with Gasteiger partial charge in [-0.1, -0.05) is 43.0 Å². The Bertz CT molecular complexity index is 1050. The summed E-state index contributed by atoms with van der Waals surface area (Å²) in [5.41, 5.74) is 3.89. The van der Waals surface area contributed by atoms with Crippen LogP contribution in [0.5, 0.6) is 5.75 Å². The van der Waals surface area contributed by atoms with Crippen molar-refractivity contribution >= 4 is 23.5 Å². The van der Waals surface area contributed by atoms with Crippen molar-refractivity contribution in [3.8, 4) is 5.75 Å². The molecule has 0 saturated carbocycles. The van der Waals surface area contributed by atoms with Gasteiger partial charge in [0.2, 0.25) is 0 Å². The molecule has 1 unspecified atom stereocenters. The van der Waals surface area contributed by atoms with Gasteiger partial charge in [0.15, 0.2) is 0 Å². The summed E-state index contributed by atoms with van der Waals surface area (Å²) in [6.45, 7) is 10.6. The SMILES string of the molecule is C=C(C)C(=O)OCCCC1=CC=C2C=C(c3ccc(OC(=O)C(=C)C)cc3)C(=O)OC2C1. The van der Waals surface area contributed by atoms with Gasteiger partial charge in [-0.3, -0.25) is 0 Å². The maximum atomic E-state index is 12.6. The van der Waals surface area contributed by atoms with E-state index in [1.165, 1.54) is 0 Å². The van der Waals surface area contributed by atoms with Crippen molar-refractivity contribution in [2.24, 2.45) is 0 Å². The molecule has 0 aromatic heterocycles. The number of allylic oxidation sites excluding steroid dienone is 2. The second-order valence-electron chi connectivity index (χ2n) is 7.86. The highest BCUT2D eigenvalue weighted by Gasteiger charge is 2.29. The summed E-state index contributed by atoms with van der Waals surface area (Å²) >= 11 is 0. The minimum absolute atomic E-state index is 0.309. The van der Waals surface area contributed by atoms with Gasteiger partial charge >= 0.3 is 17.9 Å². The highest BCUT2D eigenvalue weighted by Crippen LogP contribution is 2.33. The van der Waals surface area contributed by atoms with Crippen LogP contribution < -0.4 is 4.74 Å². The van der Waals surface area contributed by atoms with E-state index < -0.39 is 11.9 Å². The number of hydrogen-bond acceptors (Lipinski definition) is 6. The molecule has 1 aromatic carbocycles. The van der Waals surface area contributed by atoms with Crippen molar-refractivity contribution in [2.45, 2.75) is 39.2 Å².